The molecule has 0 aliphatic heterocycles. The maximum Gasteiger partial charge on any atom is 0.354 e. The normalized spacial score (nSPS) is 10.4. The fourth-order valence-electron chi connectivity index (χ4n) is 0.996. The highest BCUT2D eigenvalue weighted by Gasteiger charge is 2.20. The molecule has 5 nitrogen and oxygen atoms in total. The predicted octanol–water partition coefficient (Wildman–Crippen LogP) is 1.31. The van der Waals surface area contributed by atoms with Crippen molar-refractivity contribution in [2.45, 2.75) is 6.43 Å². The van der Waals surface area contributed by atoms with Crippen LogP contribution in [0.4, 0.5) is 14.5 Å². The van der Waals surface area contributed by atoms with Crippen molar-refractivity contribution >= 4 is 11.7 Å². The van der Waals surface area contributed by atoms with E-state index in [4.69, 9.17) is 10.8 Å². The standard InChI is InChI=1S/C8H8F2N2O3/c1-15-7-5(11)3(6(9)10)2-4(12-7)8(13)14/h2,6H,11H2,1H3,(H,13,14). The number of methoxy groups -OCH3 is 1. The van der Waals surface area contributed by atoms with Gasteiger partial charge in [0, 0.05) is 5.56 Å². The molecule has 0 fully saturated rings. The van der Waals surface area contributed by atoms with E-state index < -0.39 is 23.7 Å². The van der Waals surface area contributed by atoms with E-state index in [9.17, 15) is 13.6 Å². The van der Waals surface area contributed by atoms with Crippen LogP contribution in [0, 0.1) is 0 Å². The van der Waals surface area contributed by atoms with Crippen LogP contribution in [0.1, 0.15) is 22.5 Å². The van der Waals surface area contributed by atoms with E-state index in [1.54, 1.807) is 0 Å². The first-order chi connectivity index (χ1) is 6.97. The number of nitrogens with zero attached hydrogens (tertiary/aromatic N) is 1. The van der Waals surface area contributed by atoms with Crippen LogP contribution < -0.4 is 10.5 Å². The summed E-state index contributed by atoms with van der Waals surface area (Å²) in [5, 5.41) is 8.60. The van der Waals surface area contributed by atoms with E-state index in [0.717, 1.165) is 6.07 Å². The van der Waals surface area contributed by atoms with E-state index >= 15 is 0 Å². The maximum atomic E-state index is 12.4. The number of carboxylic acids is 1. The van der Waals surface area contributed by atoms with Crippen LogP contribution in [-0.4, -0.2) is 23.2 Å². The van der Waals surface area contributed by atoms with Gasteiger partial charge in [0.15, 0.2) is 5.69 Å². The maximum absolute atomic E-state index is 12.4. The Morgan fingerprint density at radius 2 is 2.27 bits per heavy atom. The smallest absolute Gasteiger partial charge is 0.354 e. The Morgan fingerprint density at radius 1 is 1.67 bits per heavy atom. The van der Waals surface area contributed by atoms with Crippen LogP contribution in [0.15, 0.2) is 6.07 Å². The van der Waals surface area contributed by atoms with Crippen molar-refractivity contribution in [3.63, 3.8) is 0 Å². The topological polar surface area (TPSA) is 85.4 Å². The molecule has 0 bridgehead atoms. The van der Waals surface area contributed by atoms with Gasteiger partial charge in [-0.2, -0.15) is 0 Å². The van der Waals surface area contributed by atoms with E-state index in [-0.39, 0.29) is 11.6 Å². The minimum Gasteiger partial charge on any atom is -0.480 e. The van der Waals surface area contributed by atoms with Gasteiger partial charge in [-0.3, -0.25) is 0 Å². The summed E-state index contributed by atoms with van der Waals surface area (Å²) < 4.78 is 29.5. The van der Waals surface area contributed by atoms with Gasteiger partial charge in [0.25, 0.3) is 6.43 Å². The Morgan fingerprint density at radius 3 is 2.67 bits per heavy atom. The number of hydrogen-bond acceptors (Lipinski definition) is 4. The molecule has 0 aromatic carbocycles. The Bertz CT molecular complexity index is 396. The third-order valence-electron chi connectivity index (χ3n) is 1.70. The van der Waals surface area contributed by atoms with Gasteiger partial charge >= 0.3 is 5.97 Å². The predicted molar refractivity (Wildman–Crippen MR) is 47.1 cm³/mol. The van der Waals surface area contributed by atoms with Gasteiger partial charge in [0.05, 0.1) is 7.11 Å². The molecule has 1 aromatic rings. The number of nitrogen functional groups attached to an aromatic ring is 1. The number of carboxylic acid groups (broad SMARTS) is 1. The lowest BCUT2D eigenvalue weighted by molar-refractivity contribution is 0.0689. The lowest BCUT2D eigenvalue weighted by Gasteiger charge is -2.09. The monoisotopic (exact) mass is 218 g/mol. The molecule has 82 valence electrons. The molecular weight excluding hydrogens is 210 g/mol. The average Bonchev–Trinajstić information content (AvgIpc) is 2.17. The van der Waals surface area contributed by atoms with Crippen molar-refractivity contribution in [3.8, 4) is 5.88 Å². The fraction of sp³-hybridized carbons (Fsp3) is 0.250. The van der Waals surface area contributed by atoms with E-state index in [2.05, 4.69) is 9.72 Å². The molecule has 15 heavy (non-hydrogen) atoms. The van der Waals surface area contributed by atoms with Crippen LogP contribution >= 0.6 is 0 Å². The molecule has 0 spiro atoms. The molecule has 7 heteroatoms. The number of rotatable bonds is 3. The van der Waals surface area contributed by atoms with Gasteiger partial charge in [-0.25, -0.2) is 18.6 Å². The summed E-state index contributed by atoms with van der Waals surface area (Å²) in [4.78, 5) is 14.0. The molecule has 1 aromatic heterocycles. The van der Waals surface area contributed by atoms with Gasteiger partial charge in [-0.1, -0.05) is 0 Å². The van der Waals surface area contributed by atoms with Crippen molar-refractivity contribution in [2.24, 2.45) is 0 Å². The highest BCUT2D eigenvalue weighted by molar-refractivity contribution is 5.86. The number of hydrogen-bond donors (Lipinski definition) is 2. The van der Waals surface area contributed by atoms with Crippen molar-refractivity contribution < 1.29 is 23.4 Å². The summed E-state index contributed by atoms with van der Waals surface area (Å²) >= 11 is 0. The number of alkyl halides is 2. The molecule has 0 aliphatic rings. The van der Waals surface area contributed by atoms with E-state index in [0.29, 0.717) is 0 Å². The molecule has 1 heterocycles. The Hall–Kier alpha value is -1.92. The minimum atomic E-state index is -2.88. The number of anilines is 1. The van der Waals surface area contributed by atoms with Crippen molar-refractivity contribution in [1.82, 2.24) is 4.98 Å². The van der Waals surface area contributed by atoms with Gasteiger partial charge in [-0.15, -0.1) is 0 Å². The second-order valence-corrected chi connectivity index (χ2v) is 2.63. The molecule has 0 aliphatic carbocycles. The number of aromatic nitrogens is 1. The first-order valence-electron chi connectivity index (χ1n) is 3.83. The largest absolute Gasteiger partial charge is 0.480 e. The molecule has 0 radical (unpaired) electrons. The quantitative estimate of drug-likeness (QED) is 0.798. The van der Waals surface area contributed by atoms with Crippen LogP contribution in [-0.2, 0) is 0 Å². The van der Waals surface area contributed by atoms with Crippen LogP contribution in [0.3, 0.4) is 0 Å². The van der Waals surface area contributed by atoms with Gasteiger partial charge in [-0.05, 0) is 6.07 Å². The van der Waals surface area contributed by atoms with E-state index in [1.807, 2.05) is 0 Å². The summed E-state index contributed by atoms with van der Waals surface area (Å²) in [5.74, 6) is -1.74. The summed E-state index contributed by atoms with van der Waals surface area (Å²) in [7, 11) is 1.17. The highest BCUT2D eigenvalue weighted by Crippen LogP contribution is 2.31. The molecular formula is C8H8F2N2O3. The number of ether oxygens (including phenoxy) is 1. The SMILES string of the molecule is COc1nc(C(=O)O)cc(C(F)F)c1N. The number of carbonyl (C=O) groups is 1. The summed E-state index contributed by atoms with van der Waals surface area (Å²) in [6.07, 6.45) is -2.88. The highest BCUT2D eigenvalue weighted by atomic mass is 19.3. The molecule has 0 atom stereocenters. The van der Waals surface area contributed by atoms with Gasteiger partial charge in [0.1, 0.15) is 5.69 Å². The molecule has 0 saturated heterocycles. The minimum absolute atomic E-state index is 0.315. The Balaban J connectivity index is 3.38. The molecule has 3 N–H and O–H groups in total. The summed E-state index contributed by atoms with van der Waals surface area (Å²) in [5.41, 5.74) is 3.82. The van der Waals surface area contributed by atoms with Crippen molar-refractivity contribution in [1.29, 1.82) is 0 Å². The number of halogens is 2. The first-order valence-corrected chi connectivity index (χ1v) is 3.83. The fourth-order valence-corrected chi connectivity index (χ4v) is 0.996. The van der Waals surface area contributed by atoms with Gasteiger partial charge in [0.2, 0.25) is 5.88 Å². The number of nitrogens with two attached hydrogens (primary N) is 1. The lowest BCUT2D eigenvalue weighted by Crippen LogP contribution is -2.07. The van der Waals surface area contributed by atoms with Crippen molar-refractivity contribution in [3.05, 3.63) is 17.3 Å². The third kappa shape index (κ3) is 2.12. The summed E-state index contributed by atoms with van der Waals surface area (Å²) in [6.45, 7) is 0. The van der Waals surface area contributed by atoms with Crippen molar-refractivity contribution in [2.75, 3.05) is 12.8 Å². The number of aromatic carboxylic acids is 1. The van der Waals surface area contributed by atoms with Crippen LogP contribution in [0.5, 0.6) is 5.88 Å². The van der Waals surface area contributed by atoms with Crippen LogP contribution in [0.25, 0.3) is 0 Å². The summed E-state index contributed by atoms with van der Waals surface area (Å²) in [6, 6.07) is 0.727. The second-order valence-electron chi connectivity index (χ2n) is 2.63. The Labute approximate surface area is 83.5 Å². The average molecular weight is 218 g/mol. The Kier molecular flexibility index (Phi) is 3.03. The zero-order chi connectivity index (χ0) is 11.6. The zero-order valence-corrected chi connectivity index (χ0v) is 7.70. The third-order valence-corrected chi connectivity index (χ3v) is 1.70. The first kappa shape index (κ1) is 11.2. The van der Waals surface area contributed by atoms with Gasteiger partial charge < -0.3 is 15.6 Å². The number of pyridine rings is 1. The molecule has 1 rings (SSSR count). The molecule has 0 unspecified atom stereocenters. The zero-order valence-electron chi connectivity index (χ0n) is 7.70. The molecule has 0 saturated carbocycles. The van der Waals surface area contributed by atoms with Crippen LogP contribution in [0.2, 0.25) is 0 Å². The second kappa shape index (κ2) is 4.07. The van der Waals surface area contributed by atoms with E-state index in [1.165, 1.54) is 7.11 Å². The lowest BCUT2D eigenvalue weighted by atomic mass is 10.2. The molecule has 0 amide bonds.